The fraction of sp³-hybridized carbons (Fsp3) is 0.318. The maximum absolute atomic E-state index is 11.6. The number of hydrogen-bond acceptors (Lipinski definition) is 3. The Morgan fingerprint density at radius 3 is 2.96 bits per heavy atom. The molecule has 1 fully saturated rings. The molecule has 0 saturated carbocycles. The number of nitrogens with one attached hydrogen (secondary N) is 1. The van der Waals surface area contributed by atoms with Crippen LogP contribution in [0, 0.1) is 11.8 Å². The molecule has 2 atom stereocenters. The van der Waals surface area contributed by atoms with Crippen molar-refractivity contribution in [2.75, 3.05) is 13.1 Å². The summed E-state index contributed by atoms with van der Waals surface area (Å²) in [5.41, 5.74) is 4.86. The van der Waals surface area contributed by atoms with Crippen molar-refractivity contribution >= 4 is 34.9 Å². The summed E-state index contributed by atoms with van der Waals surface area (Å²) in [7, 11) is 0. The van der Waals surface area contributed by atoms with Gasteiger partial charge in [0, 0.05) is 22.2 Å². The second kappa shape index (κ2) is 8.09. The van der Waals surface area contributed by atoms with Crippen molar-refractivity contribution in [3.8, 4) is 0 Å². The van der Waals surface area contributed by atoms with Crippen LogP contribution >= 0.6 is 23.4 Å². The van der Waals surface area contributed by atoms with E-state index < -0.39 is 5.97 Å². The van der Waals surface area contributed by atoms with Crippen LogP contribution in [0.25, 0.3) is 5.57 Å². The summed E-state index contributed by atoms with van der Waals surface area (Å²) < 4.78 is 0. The normalized spacial score (nSPS) is 23.4. The van der Waals surface area contributed by atoms with Gasteiger partial charge in [-0.25, -0.2) is 0 Å². The summed E-state index contributed by atoms with van der Waals surface area (Å²) in [6.45, 7) is 1.44. The number of thioether (sulfide) groups is 1. The van der Waals surface area contributed by atoms with E-state index in [-0.39, 0.29) is 11.8 Å². The molecular weight excluding hydrogens is 378 g/mol. The van der Waals surface area contributed by atoms with Gasteiger partial charge < -0.3 is 10.4 Å². The lowest BCUT2D eigenvalue weighted by atomic mass is 9.82. The zero-order chi connectivity index (χ0) is 18.8. The number of benzene rings is 2. The monoisotopic (exact) mass is 399 g/mol. The number of fused-ring (bicyclic) bond motifs is 2. The van der Waals surface area contributed by atoms with Gasteiger partial charge in [-0.05, 0) is 65.8 Å². The van der Waals surface area contributed by atoms with Crippen molar-refractivity contribution in [1.82, 2.24) is 5.32 Å². The minimum atomic E-state index is -0.703. The van der Waals surface area contributed by atoms with Gasteiger partial charge in [0.05, 0.1) is 5.92 Å². The van der Waals surface area contributed by atoms with Crippen molar-refractivity contribution < 1.29 is 9.90 Å². The van der Waals surface area contributed by atoms with Gasteiger partial charge in [0.25, 0.3) is 0 Å². The number of allylic oxidation sites excluding steroid dienone is 1. The zero-order valence-electron chi connectivity index (χ0n) is 15.0. The lowest BCUT2D eigenvalue weighted by Gasteiger charge is -2.28. The van der Waals surface area contributed by atoms with Gasteiger partial charge in [0.1, 0.15) is 0 Å². The minimum absolute atomic E-state index is 0.155. The van der Waals surface area contributed by atoms with Crippen LogP contribution in [0.1, 0.15) is 29.5 Å². The molecule has 5 heteroatoms. The number of halogens is 1. The molecule has 27 heavy (non-hydrogen) atoms. The third kappa shape index (κ3) is 3.93. The first kappa shape index (κ1) is 18.6. The van der Waals surface area contributed by atoms with Crippen molar-refractivity contribution in [2.45, 2.75) is 23.5 Å². The lowest BCUT2D eigenvalue weighted by Crippen LogP contribution is -2.40. The Labute approximate surface area is 168 Å². The highest BCUT2D eigenvalue weighted by Crippen LogP contribution is 2.41. The quantitative estimate of drug-likeness (QED) is 0.755. The molecule has 2 aliphatic rings. The molecule has 2 heterocycles. The second-order valence-corrected chi connectivity index (χ2v) is 8.59. The van der Waals surface area contributed by atoms with Crippen LogP contribution in [0.3, 0.4) is 0 Å². The van der Waals surface area contributed by atoms with E-state index in [9.17, 15) is 9.90 Å². The van der Waals surface area contributed by atoms with Crippen molar-refractivity contribution in [1.29, 1.82) is 0 Å². The molecular formula is C22H22ClNO2S. The number of piperidine rings is 1. The number of rotatable bonds is 3. The molecule has 140 valence electrons. The van der Waals surface area contributed by atoms with Gasteiger partial charge in [0.2, 0.25) is 0 Å². The number of carboxylic acid groups (broad SMARTS) is 1. The van der Waals surface area contributed by atoms with Gasteiger partial charge in [-0.2, -0.15) is 0 Å². The topological polar surface area (TPSA) is 49.3 Å². The highest BCUT2D eigenvalue weighted by atomic mass is 35.5. The Morgan fingerprint density at radius 2 is 2.11 bits per heavy atom. The Hall–Kier alpha value is -1.75. The summed E-state index contributed by atoms with van der Waals surface area (Å²) >= 11 is 8.14. The third-order valence-electron chi connectivity index (χ3n) is 5.49. The summed E-state index contributed by atoms with van der Waals surface area (Å²) in [4.78, 5) is 12.9. The predicted octanol–water partition coefficient (Wildman–Crippen LogP) is 5.08. The Morgan fingerprint density at radius 1 is 1.26 bits per heavy atom. The van der Waals surface area contributed by atoms with Crippen LogP contribution in [0.15, 0.2) is 53.4 Å². The first-order valence-corrected chi connectivity index (χ1v) is 10.6. The van der Waals surface area contributed by atoms with E-state index in [1.165, 1.54) is 21.6 Å². The first-order valence-electron chi connectivity index (χ1n) is 9.28. The Kier molecular flexibility index (Phi) is 5.58. The van der Waals surface area contributed by atoms with Crippen LogP contribution in [-0.2, 0) is 10.5 Å². The SMILES string of the molecule is O=C(O)C1CNCCC1C/C=C1\c2ccccc2CSc2ccc(Cl)cc21. The largest absolute Gasteiger partial charge is 0.481 e. The van der Waals surface area contributed by atoms with Gasteiger partial charge in [0.15, 0.2) is 0 Å². The average molecular weight is 400 g/mol. The highest BCUT2D eigenvalue weighted by Gasteiger charge is 2.30. The van der Waals surface area contributed by atoms with Crippen LogP contribution in [-0.4, -0.2) is 24.2 Å². The standard InChI is InChI=1S/C22H22ClNO2S/c23-16-6-8-21-19(11-16)18(17-4-2-1-3-15(17)13-27-21)7-5-14-9-10-24-12-20(14)22(25)26/h1-4,6-8,11,14,20,24H,5,9-10,12-13H2,(H,25,26)/b18-7+. The van der Waals surface area contributed by atoms with Gasteiger partial charge >= 0.3 is 5.97 Å². The molecule has 1 saturated heterocycles. The molecule has 2 unspecified atom stereocenters. The fourth-order valence-electron chi connectivity index (χ4n) is 4.02. The molecule has 2 N–H and O–H groups in total. The number of carboxylic acids is 1. The van der Waals surface area contributed by atoms with Crippen molar-refractivity contribution in [2.24, 2.45) is 11.8 Å². The average Bonchev–Trinajstić information content (AvgIpc) is 2.83. The van der Waals surface area contributed by atoms with Gasteiger partial charge in [-0.1, -0.05) is 41.9 Å². The molecule has 0 spiro atoms. The van der Waals surface area contributed by atoms with E-state index in [0.717, 1.165) is 35.7 Å². The highest BCUT2D eigenvalue weighted by molar-refractivity contribution is 7.98. The number of hydrogen-bond donors (Lipinski definition) is 2. The molecule has 0 amide bonds. The minimum Gasteiger partial charge on any atom is -0.481 e. The van der Waals surface area contributed by atoms with Crippen molar-refractivity contribution in [3.05, 3.63) is 70.3 Å². The van der Waals surface area contributed by atoms with E-state index >= 15 is 0 Å². The van der Waals surface area contributed by atoms with E-state index in [4.69, 9.17) is 11.6 Å². The molecule has 4 rings (SSSR count). The van der Waals surface area contributed by atoms with E-state index in [1.807, 2.05) is 23.9 Å². The predicted molar refractivity (Wildman–Crippen MR) is 111 cm³/mol. The zero-order valence-corrected chi connectivity index (χ0v) is 16.5. The summed E-state index contributed by atoms with van der Waals surface area (Å²) in [5, 5.41) is 13.5. The van der Waals surface area contributed by atoms with E-state index in [0.29, 0.717) is 6.54 Å². The van der Waals surface area contributed by atoms with Crippen molar-refractivity contribution in [3.63, 3.8) is 0 Å². The third-order valence-corrected chi connectivity index (χ3v) is 6.85. The number of carbonyl (C=O) groups is 1. The molecule has 0 aromatic heterocycles. The maximum Gasteiger partial charge on any atom is 0.308 e. The van der Waals surface area contributed by atoms with Gasteiger partial charge in [-0.15, -0.1) is 11.8 Å². The second-order valence-electron chi connectivity index (χ2n) is 7.14. The molecule has 0 aliphatic carbocycles. The molecule has 0 bridgehead atoms. The molecule has 2 aromatic rings. The number of aliphatic carboxylic acids is 1. The van der Waals surface area contributed by atoms with E-state index in [1.54, 1.807) is 0 Å². The first-order chi connectivity index (χ1) is 13.1. The Balaban J connectivity index is 1.75. The lowest BCUT2D eigenvalue weighted by molar-refractivity contribution is -0.144. The molecule has 0 radical (unpaired) electrons. The van der Waals surface area contributed by atoms with E-state index in [2.05, 4.69) is 41.7 Å². The molecule has 2 aromatic carbocycles. The van der Waals surface area contributed by atoms with Crippen LogP contribution in [0.5, 0.6) is 0 Å². The summed E-state index contributed by atoms with van der Waals surface area (Å²) in [6, 6.07) is 14.5. The summed E-state index contributed by atoms with van der Waals surface area (Å²) in [5.74, 6) is 0.0467. The summed E-state index contributed by atoms with van der Waals surface area (Å²) in [6.07, 6.45) is 3.89. The van der Waals surface area contributed by atoms with Gasteiger partial charge in [-0.3, -0.25) is 4.79 Å². The molecule has 2 aliphatic heterocycles. The van der Waals surface area contributed by atoms with Crippen LogP contribution < -0.4 is 5.32 Å². The molecule has 3 nitrogen and oxygen atoms in total. The fourth-order valence-corrected chi connectivity index (χ4v) is 5.24. The Bertz CT molecular complexity index is 896. The van der Waals surface area contributed by atoms with Crippen LogP contribution in [0.2, 0.25) is 5.02 Å². The van der Waals surface area contributed by atoms with Crippen LogP contribution in [0.4, 0.5) is 0 Å². The maximum atomic E-state index is 11.6. The smallest absolute Gasteiger partial charge is 0.308 e.